The van der Waals surface area contributed by atoms with Gasteiger partial charge in [-0.3, -0.25) is 9.69 Å². The number of carboxylic acids is 1. The van der Waals surface area contributed by atoms with Gasteiger partial charge in [0.15, 0.2) is 0 Å². The second-order valence-electron chi connectivity index (χ2n) is 6.89. The van der Waals surface area contributed by atoms with Gasteiger partial charge in [0.1, 0.15) is 5.54 Å². The summed E-state index contributed by atoms with van der Waals surface area (Å²) >= 11 is 0. The van der Waals surface area contributed by atoms with Crippen LogP contribution in [0.15, 0.2) is 0 Å². The van der Waals surface area contributed by atoms with E-state index in [1.807, 2.05) is 0 Å². The fourth-order valence-corrected chi connectivity index (χ4v) is 4.21. The lowest BCUT2D eigenvalue weighted by atomic mass is 9.63. The molecule has 3 heteroatoms. The average molecular weight is 239 g/mol. The van der Waals surface area contributed by atoms with Crippen molar-refractivity contribution < 1.29 is 9.90 Å². The topological polar surface area (TPSA) is 40.5 Å². The highest BCUT2D eigenvalue weighted by molar-refractivity contribution is 5.79. The molecule has 0 radical (unpaired) electrons. The fraction of sp³-hybridized carbons (Fsp3) is 0.929. The Bertz CT molecular complexity index is 307. The summed E-state index contributed by atoms with van der Waals surface area (Å²) in [5, 5.41) is 9.76. The molecule has 2 unspecified atom stereocenters. The molecule has 2 aliphatic rings. The summed E-state index contributed by atoms with van der Waals surface area (Å²) in [5.74, 6) is -0.0884. The van der Waals surface area contributed by atoms with Crippen LogP contribution in [0.3, 0.4) is 0 Å². The smallest absolute Gasteiger partial charge is 0.324 e. The van der Waals surface area contributed by atoms with E-state index in [2.05, 4.69) is 25.7 Å². The molecule has 1 saturated carbocycles. The number of carboxylic acid groups (broad SMARTS) is 1. The van der Waals surface area contributed by atoms with Gasteiger partial charge in [0.25, 0.3) is 0 Å². The van der Waals surface area contributed by atoms with Crippen LogP contribution >= 0.6 is 0 Å². The van der Waals surface area contributed by atoms with Crippen LogP contribution in [0.25, 0.3) is 0 Å². The van der Waals surface area contributed by atoms with Crippen molar-refractivity contribution >= 4 is 5.97 Å². The predicted octanol–water partition coefficient (Wildman–Crippen LogP) is 2.75. The van der Waals surface area contributed by atoms with Crippen LogP contribution in [0.5, 0.6) is 0 Å². The zero-order chi connectivity index (χ0) is 12.7. The van der Waals surface area contributed by atoms with Gasteiger partial charge in [0, 0.05) is 0 Å². The van der Waals surface area contributed by atoms with E-state index in [0.717, 1.165) is 45.2 Å². The molecule has 2 rings (SSSR count). The third-order valence-electron chi connectivity index (χ3n) is 4.47. The predicted molar refractivity (Wildman–Crippen MR) is 68.0 cm³/mol. The molecule has 0 bridgehead atoms. The summed E-state index contributed by atoms with van der Waals surface area (Å²) in [4.78, 5) is 14.1. The van der Waals surface area contributed by atoms with Crippen LogP contribution in [0.4, 0.5) is 0 Å². The first-order valence-electron chi connectivity index (χ1n) is 6.84. The van der Waals surface area contributed by atoms with E-state index in [9.17, 15) is 9.90 Å². The third-order valence-corrected chi connectivity index (χ3v) is 4.47. The molecule has 0 spiro atoms. The van der Waals surface area contributed by atoms with Crippen LogP contribution < -0.4 is 0 Å². The first-order chi connectivity index (χ1) is 7.86. The van der Waals surface area contributed by atoms with Crippen LogP contribution in [0.2, 0.25) is 0 Å². The molecule has 1 aliphatic heterocycles. The van der Waals surface area contributed by atoms with Crippen molar-refractivity contribution in [2.45, 2.75) is 58.4 Å². The Morgan fingerprint density at radius 1 is 1.24 bits per heavy atom. The number of hydrogen-bond donors (Lipinski definition) is 1. The van der Waals surface area contributed by atoms with Gasteiger partial charge in [-0.1, -0.05) is 20.8 Å². The maximum absolute atomic E-state index is 11.9. The van der Waals surface area contributed by atoms with Crippen molar-refractivity contribution in [2.24, 2.45) is 11.3 Å². The summed E-state index contributed by atoms with van der Waals surface area (Å²) in [7, 11) is 0. The van der Waals surface area contributed by atoms with E-state index in [1.165, 1.54) is 0 Å². The van der Waals surface area contributed by atoms with Gasteiger partial charge in [0.05, 0.1) is 0 Å². The first kappa shape index (κ1) is 12.9. The molecule has 2 atom stereocenters. The third kappa shape index (κ3) is 2.35. The van der Waals surface area contributed by atoms with Crippen molar-refractivity contribution in [1.29, 1.82) is 0 Å². The van der Waals surface area contributed by atoms with Gasteiger partial charge >= 0.3 is 5.97 Å². The SMILES string of the molecule is CC1CC(C)(C)CC(C(=O)O)(N2CCCC2)C1. The molecule has 0 amide bonds. The standard InChI is InChI=1S/C14H25NO2/c1-11-8-13(2,3)10-14(9-11,12(16)17)15-6-4-5-7-15/h11H,4-10H2,1-3H3,(H,16,17). The molecule has 1 N–H and O–H groups in total. The minimum Gasteiger partial charge on any atom is -0.480 e. The van der Waals surface area contributed by atoms with Crippen LogP contribution in [0, 0.1) is 11.3 Å². The first-order valence-corrected chi connectivity index (χ1v) is 6.84. The minimum atomic E-state index is -0.598. The van der Waals surface area contributed by atoms with E-state index in [-0.39, 0.29) is 5.41 Å². The largest absolute Gasteiger partial charge is 0.480 e. The van der Waals surface area contributed by atoms with Gasteiger partial charge in [-0.2, -0.15) is 0 Å². The van der Waals surface area contributed by atoms with Crippen molar-refractivity contribution in [3.8, 4) is 0 Å². The molecule has 17 heavy (non-hydrogen) atoms. The summed E-state index contributed by atoms with van der Waals surface area (Å²) in [6, 6.07) is 0. The van der Waals surface area contributed by atoms with Crippen LogP contribution in [-0.2, 0) is 4.79 Å². The lowest BCUT2D eigenvalue weighted by Crippen LogP contribution is -2.58. The second kappa shape index (κ2) is 4.27. The quantitative estimate of drug-likeness (QED) is 0.805. The number of carbonyl (C=O) groups is 1. The number of hydrogen-bond acceptors (Lipinski definition) is 2. The maximum atomic E-state index is 11.9. The van der Waals surface area contributed by atoms with E-state index >= 15 is 0 Å². The second-order valence-corrected chi connectivity index (χ2v) is 6.89. The van der Waals surface area contributed by atoms with Gasteiger partial charge in [-0.25, -0.2) is 0 Å². The summed E-state index contributed by atoms with van der Waals surface area (Å²) in [5.41, 5.74) is -0.434. The molecular formula is C14H25NO2. The van der Waals surface area contributed by atoms with Crippen molar-refractivity contribution in [3.05, 3.63) is 0 Å². The molecular weight excluding hydrogens is 214 g/mol. The highest BCUT2D eigenvalue weighted by Gasteiger charge is 2.52. The molecule has 2 fully saturated rings. The minimum absolute atomic E-state index is 0.151. The van der Waals surface area contributed by atoms with Crippen molar-refractivity contribution in [3.63, 3.8) is 0 Å². The van der Waals surface area contributed by atoms with E-state index in [4.69, 9.17) is 0 Å². The lowest BCUT2D eigenvalue weighted by molar-refractivity contribution is -0.158. The van der Waals surface area contributed by atoms with E-state index in [1.54, 1.807) is 0 Å². The Kier molecular flexibility index (Phi) is 3.23. The van der Waals surface area contributed by atoms with Crippen molar-refractivity contribution in [2.75, 3.05) is 13.1 Å². The van der Waals surface area contributed by atoms with Gasteiger partial charge in [-0.05, 0) is 56.5 Å². The highest BCUT2D eigenvalue weighted by Crippen LogP contribution is 2.47. The Morgan fingerprint density at radius 2 is 1.82 bits per heavy atom. The van der Waals surface area contributed by atoms with E-state index < -0.39 is 11.5 Å². The average Bonchev–Trinajstić information content (AvgIpc) is 2.66. The Hall–Kier alpha value is -0.570. The Balaban J connectivity index is 2.29. The van der Waals surface area contributed by atoms with E-state index in [0.29, 0.717) is 5.92 Å². The molecule has 1 saturated heterocycles. The summed E-state index contributed by atoms with van der Waals surface area (Å²) < 4.78 is 0. The number of nitrogens with zero attached hydrogens (tertiary/aromatic N) is 1. The van der Waals surface area contributed by atoms with Gasteiger partial charge in [-0.15, -0.1) is 0 Å². The molecule has 0 aromatic heterocycles. The number of rotatable bonds is 2. The van der Waals surface area contributed by atoms with Crippen LogP contribution in [0.1, 0.15) is 52.9 Å². The fourth-order valence-electron chi connectivity index (χ4n) is 4.21. The molecule has 3 nitrogen and oxygen atoms in total. The molecule has 1 heterocycles. The molecule has 0 aromatic rings. The molecule has 98 valence electrons. The van der Waals surface area contributed by atoms with Gasteiger partial charge < -0.3 is 5.11 Å². The normalized spacial score (nSPS) is 38.2. The maximum Gasteiger partial charge on any atom is 0.324 e. The summed E-state index contributed by atoms with van der Waals surface area (Å²) in [6.07, 6.45) is 5.09. The van der Waals surface area contributed by atoms with Crippen molar-refractivity contribution in [1.82, 2.24) is 4.90 Å². The van der Waals surface area contributed by atoms with Crippen LogP contribution in [-0.4, -0.2) is 34.6 Å². The lowest BCUT2D eigenvalue weighted by Gasteiger charge is -2.49. The zero-order valence-corrected chi connectivity index (χ0v) is 11.3. The Labute approximate surface area is 104 Å². The molecule has 1 aliphatic carbocycles. The number of aliphatic carboxylic acids is 1. The van der Waals surface area contributed by atoms with Gasteiger partial charge in [0.2, 0.25) is 0 Å². The monoisotopic (exact) mass is 239 g/mol. The zero-order valence-electron chi connectivity index (χ0n) is 11.3. The molecule has 0 aromatic carbocycles. The highest BCUT2D eigenvalue weighted by atomic mass is 16.4. The number of likely N-dealkylation sites (tertiary alicyclic amines) is 1. The summed E-state index contributed by atoms with van der Waals surface area (Å²) in [6.45, 7) is 8.58. The Morgan fingerprint density at radius 3 is 2.29 bits per heavy atom.